The molecule has 2 nitrogen and oxygen atoms in total. The summed E-state index contributed by atoms with van der Waals surface area (Å²) in [6.07, 6.45) is 0. The first-order valence-electron chi connectivity index (χ1n) is 2.39. The molecule has 5 heteroatoms. The molecule has 10 heavy (non-hydrogen) atoms. The van der Waals surface area contributed by atoms with E-state index >= 15 is 0 Å². The maximum Gasteiger partial charge on any atom is 0.266 e. The van der Waals surface area contributed by atoms with Crippen molar-refractivity contribution in [3.63, 3.8) is 0 Å². The van der Waals surface area contributed by atoms with Gasteiger partial charge in [-0.1, -0.05) is 23.2 Å². The minimum absolute atomic E-state index is 0.140. The lowest BCUT2D eigenvalue weighted by molar-refractivity contribution is -0.108. The predicted octanol–water partition coefficient (Wildman–Crippen LogP) is 1.96. The molecule has 0 amide bonds. The molecule has 0 saturated carbocycles. The smallest absolute Gasteiger partial charge is 0.266 e. The van der Waals surface area contributed by atoms with Crippen molar-refractivity contribution in [1.29, 1.82) is 0 Å². The van der Waals surface area contributed by atoms with Gasteiger partial charge in [0.1, 0.15) is 10.2 Å². The zero-order chi connectivity index (χ0) is 8.31. The molecule has 0 aromatic rings. The Labute approximate surface area is 74.3 Å². The average molecular weight is 202 g/mol. The van der Waals surface area contributed by atoms with Gasteiger partial charge in [0, 0.05) is 14.1 Å². The van der Waals surface area contributed by atoms with Crippen molar-refractivity contribution >= 4 is 40.0 Å². The normalized spacial score (nSPS) is 12.5. The van der Waals surface area contributed by atoms with E-state index < -0.39 is 5.24 Å². The van der Waals surface area contributed by atoms with Gasteiger partial charge < -0.3 is 4.90 Å². The maximum atomic E-state index is 10.4. The van der Waals surface area contributed by atoms with Crippen molar-refractivity contribution < 1.29 is 4.79 Å². The van der Waals surface area contributed by atoms with Crippen LogP contribution in [0.1, 0.15) is 0 Å². The van der Waals surface area contributed by atoms with Crippen LogP contribution in [-0.2, 0) is 4.79 Å². The van der Waals surface area contributed by atoms with Gasteiger partial charge in [0.05, 0.1) is 0 Å². The fourth-order valence-electron chi connectivity index (χ4n) is 0.277. The van der Waals surface area contributed by atoms with Crippen molar-refractivity contribution in [2.75, 3.05) is 14.1 Å². The summed E-state index contributed by atoms with van der Waals surface area (Å²) in [5.41, 5.74) is 0. The summed E-state index contributed by atoms with van der Waals surface area (Å²) < 4.78 is 0. The quantitative estimate of drug-likeness (QED) is 0.388. The van der Waals surface area contributed by atoms with E-state index in [0.29, 0.717) is 0 Å². The second kappa shape index (κ2) is 4.06. The minimum atomic E-state index is -0.750. The molecule has 0 aliphatic carbocycles. The van der Waals surface area contributed by atoms with Crippen molar-refractivity contribution in [2.24, 2.45) is 0 Å². The van der Waals surface area contributed by atoms with Crippen LogP contribution >= 0.6 is 34.8 Å². The van der Waals surface area contributed by atoms with E-state index in [0.717, 1.165) is 0 Å². The van der Waals surface area contributed by atoms with Gasteiger partial charge in [-0.3, -0.25) is 4.79 Å². The summed E-state index contributed by atoms with van der Waals surface area (Å²) in [6.45, 7) is 0. The van der Waals surface area contributed by atoms with E-state index in [1.807, 2.05) is 0 Å². The molecule has 0 aromatic carbocycles. The van der Waals surface area contributed by atoms with Crippen LogP contribution in [-0.4, -0.2) is 24.2 Å². The lowest BCUT2D eigenvalue weighted by Crippen LogP contribution is -2.09. The first kappa shape index (κ1) is 10.1. The Balaban J connectivity index is 4.50. The lowest BCUT2D eigenvalue weighted by atomic mass is 10.6. The van der Waals surface area contributed by atoms with Crippen LogP contribution in [0.3, 0.4) is 0 Å². The van der Waals surface area contributed by atoms with Crippen molar-refractivity contribution in [3.8, 4) is 0 Å². The first-order chi connectivity index (χ1) is 4.46. The average Bonchev–Trinajstić information content (AvgIpc) is 1.84. The second-order valence-electron chi connectivity index (χ2n) is 1.77. The molecular formula is C5H6Cl3NO. The number of nitrogens with zero attached hydrogens (tertiary/aromatic N) is 1. The molecule has 0 radical (unpaired) electrons. The van der Waals surface area contributed by atoms with Gasteiger partial charge in [-0.25, -0.2) is 0 Å². The number of rotatable bonds is 2. The van der Waals surface area contributed by atoms with Gasteiger partial charge in [-0.15, -0.1) is 0 Å². The number of allylic oxidation sites excluding steroid dienone is 1. The topological polar surface area (TPSA) is 20.3 Å². The zero-order valence-corrected chi connectivity index (χ0v) is 7.76. The lowest BCUT2D eigenvalue weighted by Gasteiger charge is -2.10. The molecule has 0 heterocycles. The fourth-order valence-corrected chi connectivity index (χ4v) is 0.670. The van der Waals surface area contributed by atoms with Crippen LogP contribution in [0.25, 0.3) is 0 Å². The summed E-state index contributed by atoms with van der Waals surface area (Å²) in [5, 5.41) is -0.768. The van der Waals surface area contributed by atoms with Crippen LogP contribution in [0.4, 0.5) is 0 Å². The van der Waals surface area contributed by atoms with E-state index in [4.69, 9.17) is 34.8 Å². The molecule has 0 N–H and O–H groups in total. The van der Waals surface area contributed by atoms with Gasteiger partial charge in [0.25, 0.3) is 5.24 Å². The van der Waals surface area contributed by atoms with Crippen molar-refractivity contribution in [1.82, 2.24) is 4.90 Å². The van der Waals surface area contributed by atoms with Gasteiger partial charge in [-0.2, -0.15) is 0 Å². The monoisotopic (exact) mass is 201 g/mol. The molecule has 0 saturated heterocycles. The SMILES string of the molecule is CN(C)C(Cl)=C(Cl)C(=O)Cl. The Morgan fingerprint density at radius 3 is 1.70 bits per heavy atom. The molecule has 0 rings (SSSR count). The molecule has 0 bridgehead atoms. The summed E-state index contributed by atoms with van der Waals surface area (Å²) in [4.78, 5) is 11.8. The molecule has 0 aliphatic rings. The molecule has 58 valence electrons. The number of carbonyl (C=O) groups is 1. The van der Waals surface area contributed by atoms with E-state index in [2.05, 4.69) is 0 Å². The Bertz CT molecular complexity index is 176. The highest BCUT2D eigenvalue weighted by Crippen LogP contribution is 2.17. The van der Waals surface area contributed by atoms with E-state index in [1.165, 1.54) is 4.90 Å². The van der Waals surface area contributed by atoms with E-state index in [1.54, 1.807) is 14.1 Å². The third kappa shape index (κ3) is 2.78. The van der Waals surface area contributed by atoms with E-state index in [-0.39, 0.29) is 10.2 Å². The minimum Gasteiger partial charge on any atom is -0.367 e. The molecule has 0 fully saturated rings. The van der Waals surface area contributed by atoms with Crippen LogP contribution in [0.2, 0.25) is 0 Å². The van der Waals surface area contributed by atoms with Gasteiger partial charge in [0.2, 0.25) is 0 Å². The third-order valence-corrected chi connectivity index (χ3v) is 2.01. The highest BCUT2D eigenvalue weighted by Gasteiger charge is 2.09. The van der Waals surface area contributed by atoms with Gasteiger partial charge >= 0.3 is 0 Å². The summed E-state index contributed by atoms with van der Waals surface area (Å²) in [5.74, 6) is 0. The Hall–Kier alpha value is 0.0800. The summed E-state index contributed by atoms with van der Waals surface area (Å²) in [6, 6.07) is 0. The fraction of sp³-hybridized carbons (Fsp3) is 0.400. The number of hydrogen-bond donors (Lipinski definition) is 0. The van der Waals surface area contributed by atoms with Crippen LogP contribution in [0.5, 0.6) is 0 Å². The molecular weight excluding hydrogens is 196 g/mol. The Morgan fingerprint density at radius 2 is 1.60 bits per heavy atom. The molecule has 0 atom stereocenters. The summed E-state index contributed by atoms with van der Waals surface area (Å²) >= 11 is 15.9. The Kier molecular flexibility index (Phi) is 4.09. The van der Waals surface area contributed by atoms with E-state index in [9.17, 15) is 4.79 Å². The standard InChI is InChI=1S/C5H6Cl3NO/c1-9(2)4(7)3(6)5(8)10/h1-2H3. The van der Waals surface area contributed by atoms with Crippen molar-refractivity contribution in [2.45, 2.75) is 0 Å². The summed E-state index contributed by atoms with van der Waals surface area (Å²) in [7, 11) is 3.31. The molecule has 0 aliphatic heterocycles. The number of halogens is 3. The van der Waals surface area contributed by atoms with Gasteiger partial charge in [0.15, 0.2) is 0 Å². The molecule has 0 unspecified atom stereocenters. The highest BCUT2D eigenvalue weighted by atomic mass is 35.5. The second-order valence-corrected chi connectivity index (χ2v) is 2.85. The van der Waals surface area contributed by atoms with Crippen LogP contribution in [0, 0.1) is 0 Å². The maximum absolute atomic E-state index is 10.4. The van der Waals surface area contributed by atoms with Crippen LogP contribution in [0.15, 0.2) is 10.2 Å². The number of hydrogen-bond acceptors (Lipinski definition) is 2. The Morgan fingerprint density at radius 1 is 1.20 bits per heavy atom. The van der Waals surface area contributed by atoms with Crippen molar-refractivity contribution in [3.05, 3.63) is 10.2 Å². The van der Waals surface area contributed by atoms with Crippen LogP contribution < -0.4 is 0 Å². The number of carbonyl (C=O) groups excluding carboxylic acids is 1. The third-order valence-electron chi connectivity index (χ3n) is 0.746. The highest BCUT2D eigenvalue weighted by molar-refractivity contribution is 6.75. The molecule has 0 spiro atoms. The predicted molar refractivity (Wildman–Crippen MR) is 43.3 cm³/mol. The largest absolute Gasteiger partial charge is 0.367 e. The first-order valence-corrected chi connectivity index (χ1v) is 3.52. The molecule has 0 aromatic heterocycles. The van der Waals surface area contributed by atoms with Gasteiger partial charge in [-0.05, 0) is 11.6 Å². The zero-order valence-electron chi connectivity index (χ0n) is 5.49.